The molecule has 0 aliphatic rings. The second-order valence-corrected chi connectivity index (χ2v) is 4.46. The minimum Gasteiger partial charge on any atom is -0.491 e. The lowest BCUT2D eigenvalue weighted by molar-refractivity contribution is -0.107. The van der Waals surface area contributed by atoms with E-state index in [-0.39, 0.29) is 6.61 Å². The molecule has 1 atom stereocenters. The first kappa shape index (κ1) is 16.2. The second-order valence-electron chi connectivity index (χ2n) is 4.46. The molecule has 20 heavy (non-hydrogen) atoms. The minimum atomic E-state index is -0.616. The van der Waals surface area contributed by atoms with Crippen LogP contribution in [0.1, 0.15) is 25.7 Å². The van der Waals surface area contributed by atoms with Gasteiger partial charge in [-0.1, -0.05) is 42.5 Å². The Labute approximate surface area is 120 Å². The highest BCUT2D eigenvalue weighted by Gasteiger charge is 1.99. The Balaban J connectivity index is 2.12. The molecule has 1 aromatic carbocycles. The largest absolute Gasteiger partial charge is 0.491 e. The topological polar surface area (TPSA) is 46.5 Å². The van der Waals surface area contributed by atoms with Gasteiger partial charge in [-0.25, -0.2) is 0 Å². The average molecular weight is 274 g/mol. The number of rotatable bonds is 10. The number of ether oxygens (including phenoxy) is 1. The third-order valence-corrected chi connectivity index (χ3v) is 2.69. The van der Waals surface area contributed by atoms with Crippen molar-refractivity contribution >= 4 is 6.29 Å². The van der Waals surface area contributed by atoms with Crippen LogP contribution in [0.4, 0.5) is 0 Å². The molecule has 3 heteroatoms. The van der Waals surface area contributed by atoms with Crippen molar-refractivity contribution in [2.45, 2.75) is 31.8 Å². The van der Waals surface area contributed by atoms with Crippen molar-refractivity contribution in [3.63, 3.8) is 0 Å². The smallest absolute Gasteiger partial charge is 0.119 e. The van der Waals surface area contributed by atoms with Crippen LogP contribution in [0.2, 0.25) is 0 Å². The molecule has 0 aromatic heterocycles. The van der Waals surface area contributed by atoms with Gasteiger partial charge in [0, 0.05) is 6.42 Å². The van der Waals surface area contributed by atoms with Crippen LogP contribution in [0.25, 0.3) is 0 Å². The Kier molecular flexibility index (Phi) is 8.90. The molecule has 0 bridgehead atoms. The van der Waals surface area contributed by atoms with Crippen LogP contribution in [0.5, 0.6) is 5.75 Å². The summed E-state index contributed by atoms with van der Waals surface area (Å²) in [6, 6.07) is 9.42. The first-order valence-electron chi connectivity index (χ1n) is 6.96. The van der Waals surface area contributed by atoms with Gasteiger partial charge >= 0.3 is 0 Å². The lowest BCUT2D eigenvalue weighted by Crippen LogP contribution is -2.14. The predicted molar refractivity (Wildman–Crippen MR) is 80.8 cm³/mol. The fourth-order valence-corrected chi connectivity index (χ4v) is 1.61. The zero-order valence-corrected chi connectivity index (χ0v) is 11.7. The van der Waals surface area contributed by atoms with Crippen molar-refractivity contribution in [1.29, 1.82) is 0 Å². The lowest BCUT2D eigenvalue weighted by atomic mass is 10.2. The van der Waals surface area contributed by atoms with E-state index in [1.54, 1.807) is 6.08 Å². The van der Waals surface area contributed by atoms with E-state index < -0.39 is 6.10 Å². The molecule has 108 valence electrons. The van der Waals surface area contributed by atoms with Crippen molar-refractivity contribution in [2.75, 3.05) is 6.61 Å². The van der Waals surface area contributed by atoms with E-state index in [9.17, 15) is 9.90 Å². The van der Waals surface area contributed by atoms with E-state index in [0.717, 1.165) is 31.3 Å². The van der Waals surface area contributed by atoms with Crippen LogP contribution >= 0.6 is 0 Å². The van der Waals surface area contributed by atoms with Gasteiger partial charge in [0.25, 0.3) is 0 Å². The van der Waals surface area contributed by atoms with Gasteiger partial charge in [-0.15, -0.1) is 0 Å². The number of carbonyl (C=O) groups is 1. The lowest BCUT2D eigenvalue weighted by Gasteiger charge is -2.08. The van der Waals surface area contributed by atoms with Gasteiger partial charge in [-0.05, 0) is 31.4 Å². The maximum atomic E-state index is 10.1. The van der Waals surface area contributed by atoms with Crippen LogP contribution in [0.3, 0.4) is 0 Å². The molecule has 0 saturated heterocycles. The van der Waals surface area contributed by atoms with E-state index in [0.29, 0.717) is 6.42 Å². The van der Waals surface area contributed by atoms with E-state index in [4.69, 9.17) is 4.74 Å². The second kappa shape index (κ2) is 11.0. The number of hydrogen-bond donors (Lipinski definition) is 1. The number of unbranched alkanes of at least 4 members (excludes halogenated alkanes) is 3. The van der Waals surface area contributed by atoms with Gasteiger partial charge in [0.05, 0.1) is 0 Å². The van der Waals surface area contributed by atoms with Crippen LogP contribution in [0, 0.1) is 0 Å². The van der Waals surface area contributed by atoms with E-state index in [2.05, 4.69) is 0 Å². The molecule has 0 amide bonds. The van der Waals surface area contributed by atoms with Gasteiger partial charge in [-0.2, -0.15) is 0 Å². The number of hydrogen-bond acceptors (Lipinski definition) is 3. The summed E-state index contributed by atoms with van der Waals surface area (Å²) in [6.45, 7) is 0.244. The Bertz CT molecular complexity index is 410. The predicted octanol–water partition coefficient (Wildman–Crippen LogP) is 3.30. The van der Waals surface area contributed by atoms with Gasteiger partial charge in [-0.3, -0.25) is 0 Å². The standard InChI is InChI=1S/C17H22O3/c18-14-10-5-3-1-2-4-7-11-16(19)15-20-17-12-8-6-9-13-17/h2,4,6-9,11-14,16,19H,1,3,5,10,15H2/b4-2-,11-7+. The normalized spacial score (nSPS) is 12.8. The van der Waals surface area contributed by atoms with Crippen LogP contribution < -0.4 is 4.74 Å². The van der Waals surface area contributed by atoms with Crippen molar-refractivity contribution < 1.29 is 14.6 Å². The zero-order valence-electron chi connectivity index (χ0n) is 11.7. The zero-order chi connectivity index (χ0) is 14.5. The molecule has 1 N–H and O–H groups in total. The molecule has 0 aliphatic heterocycles. The molecule has 3 nitrogen and oxygen atoms in total. The highest BCUT2D eigenvalue weighted by molar-refractivity contribution is 5.48. The van der Waals surface area contributed by atoms with Crippen LogP contribution in [-0.2, 0) is 4.79 Å². The van der Waals surface area contributed by atoms with E-state index in [1.807, 2.05) is 48.6 Å². The highest BCUT2D eigenvalue weighted by atomic mass is 16.5. The summed E-state index contributed by atoms with van der Waals surface area (Å²) in [5.41, 5.74) is 0. The average Bonchev–Trinajstić information content (AvgIpc) is 2.49. The molecule has 1 rings (SSSR count). The Morgan fingerprint density at radius 3 is 2.60 bits per heavy atom. The van der Waals surface area contributed by atoms with Crippen molar-refractivity contribution in [1.82, 2.24) is 0 Å². The third kappa shape index (κ3) is 8.27. The molecular formula is C17H22O3. The Morgan fingerprint density at radius 1 is 1.10 bits per heavy atom. The minimum absolute atomic E-state index is 0.244. The number of aldehydes is 1. The molecule has 0 heterocycles. The molecule has 0 aliphatic carbocycles. The van der Waals surface area contributed by atoms with Crippen molar-refractivity contribution in [3.05, 3.63) is 54.6 Å². The highest BCUT2D eigenvalue weighted by Crippen LogP contribution is 2.08. The summed E-state index contributed by atoms with van der Waals surface area (Å²) in [5.74, 6) is 0.755. The third-order valence-electron chi connectivity index (χ3n) is 2.69. The summed E-state index contributed by atoms with van der Waals surface area (Å²) in [4.78, 5) is 10.1. The number of allylic oxidation sites excluding steroid dienone is 3. The number of aliphatic hydroxyl groups is 1. The Morgan fingerprint density at radius 2 is 1.85 bits per heavy atom. The fraction of sp³-hybridized carbons (Fsp3) is 0.353. The first-order chi connectivity index (χ1) is 9.83. The van der Waals surface area contributed by atoms with E-state index >= 15 is 0 Å². The number of aliphatic hydroxyl groups excluding tert-OH is 1. The van der Waals surface area contributed by atoms with Gasteiger partial charge in [0.1, 0.15) is 24.7 Å². The van der Waals surface area contributed by atoms with Crippen molar-refractivity contribution in [2.24, 2.45) is 0 Å². The molecule has 1 unspecified atom stereocenters. The molecule has 0 fully saturated rings. The monoisotopic (exact) mass is 274 g/mol. The maximum absolute atomic E-state index is 10.1. The van der Waals surface area contributed by atoms with Gasteiger partial charge in [0.2, 0.25) is 0 Å². The summed E-state index contributed by atoms with van der Waals surface area (Å²) in [7, 11) is 0. The summed E-state index contributed by atoms with van der Waals surface area (Å²) < 4.78 is 5.43. The summed E-state index contributed by atoms with van der Waals surface area (Å²) >= 11 is 0. The molecular weight excluding hydrogens is 252 g/mol. The van der Waals surface area contributed by atoms with Crippen molar-refractivity contribution in [3.8, 4) is 5.75 Å². The quantitative estimate of drug-likeness (QED) is 0.404. The summed E-state index contributed by atoms with van der Waals surface area (Å²) in [5, 5.41) is 9.70. The molecule has 0 radical (unpaired) electrons. The molecule has 1 aromatic rings. The van der Waals surface area contributed by atoms with Crippen LogP contribution in [-0.4, -0.2) is 24.1 Å². The molecule has 0 spiro atoms. The maximum Gasteiger partial charge on any atom is 0.119 e. The SMILES string of the molecule is O=CCCCC/C=C\C=C\C(O)COc1ccccc1. The summed E-state index contributed by atoms with van der Waals surface area (Å²) in [6.07, 6.45) is 11.3. The number of benzene rings is 1. The van der Waals surface area contributed by atoms with Gasteiger partial charge in [0.15, 0.2) is 0 Å². The Hall–Kier alpha value is -1.87. The number of carbonyl (C=O) groups excluding carboxylic acids is 1. The molecule has 0 saturated carbocycles. The van der Waals surface area contributed by atoms with Gasteiger partial charge < -0.3 is 14.6 Å². The number of para-hydroxylation sites is 1. The van der Waals surface area contributed by atoms with Crippen LogP contribution in [0.15, 0.2) is 54.6 Å². The fourth-order valence-electron chi connectivity index (χ4n) is 1.61. The first-order valence-corrected chi connectivity index (χ1v) is 6.96. The van der Waals surface area contributed by atoms with E-state index in [1.165, 1.54) is 0 Å².